The van der Waals surface area contributed by atoms with E-state index in [-0.39, 0.29) is 17.4 Å². The van der Waals surface area contributed by atoms with Crippen molar-refractivity contribution < 1.29 is 9.59 Å². The zero-order valence-electron chi connectivity index (χ0n) is 17.0. The van der Waals surface area contributed by atoms with Crippen molar-refractivity contribution >= 4 is 27.7 Å². The molecule has 0 aliphatic rings. The first-order valence-corrected chi connectivity index (χ1v) is 10.4. The van der Waals surface area contributed by atoms with Crippen molar-refractivity contribution in [2.75, 3.05) is 0 Å². The summed E-state index contributed by atoms with van der Waals surface area (Å²) < 4.78 is 0.982. The van der Waals surface area contributed by atoms with E-state index in [9.17, 15) is 9.59 Å². The minimum atomic E-state index is -0.572. The van der Waals surface area contributed by atoms with Gasteiger partial charge in [-0.1, -0.05) is 65.3 Å². The maximum absolute atomic E-state index is 13.2. The molecule has 0 bridgehead atoms. The summed E-state index contributed by atoms with van der Waals surface area (Å²) in [5.41, 5.74) is 1.65. The third-order valence-electron chi connectivity index (χ3n) is 4.34. The second-order valence-corrected chi connectivity index (χ2v) is 8.86. The molecular formula is C23H29BrN2O2. The third kappa shape index (κ3) is 6.79. The van der Waals surface area contributed by atoms with Crippen LogP contribution in [0.2, 0.25) is 0 Å². The highest BCUT2D eigenvalue weighted by molar-refractivity contribution is 9.10. The van der Waals surface area contributed by atoms with E-state index in [1.165, 1.54) is 0 Å². The number of carbonyl (C=O) groups is 2. The van der Waals surface area contributed by atoms with Crippen molar-refractivity contribution in [3.05, 3.63) is 70.2 Å². The van der Waals surface area contributed by atoms with Gasteiger partial charge in [-0.05, 0) is 44.0 Å². The molecule has 5 heteroatoms. The predicted molar refractivity (Wildman–Crippen MR) is 117 cm³/mol. The second-order valence-electron chi connectivity index (χ2n) is 7.95. The topological polar surface area (TPSA) is 49.4 Å². The molecule has 28 heavy (non-hydrogen) atoms. The molecule has 2 aromatic rings. The normalized spacial score (nSPS) is 12.3. The van der Waals surface area contributed by atoms with Gasteiger partial charge in [0, 0.05) is 29.4 Å². The quantitative estimate of drug-likeness (QED) is 0.671. The number of nitrogens with one attached hydrogen (secondary N) is 1. The number of halogens is 1. The van der Waals surface area contributed by atoms with Crippen LogP contribution >= 0.6 is 15.9 Å². The highest BCUT2D eigenvalue weighted by Gasteiger charge is 2.31. The lowest BCUT2D eigenvalue weighted by atomic mass is 10.0. The predicted octanol–water partition coefficient (Wildman–Crippen LogP) is 4.71. The molecule has 0 saturated heterocycles. The van der Waals surface area contributed by atoms with E-state index >= 15 is 0 Å². The van der Waals surface area contributed by atoms with Crippen LogP contribution in [0.25, 0.3) is 0 Å². The molecule has 4 nitrogen and oxygen atoms in total. The first kappa shape index (κ1) is 22.2. The van der Waals surface area contributed by atoms with Gasteiger partial charge in [0.1, 0.15) is 6.04 Å². The molecule has 0 aliphatic carbocycles. The van der Waals surface area contributed by atoms with E-state index in [0.717, 1.165) is 15.6 Å². The molecule has 1 unspecified atom stereocenters. The third-order valence-corrected chi connectivity index (χ3v) is 4.87. The molecule has 2 amide bonds. The summed E-state index contributed by atoms with van der Waals surface area (Å²) in [5, 5.41) is 3.05. The highest BCUT2D eigenvalue weighted by atomic mass is 79.9. The number of hydrogen-bond donors (Lipinski definition) is 1. The largest absolute Gasteiger partial charge is 0.350 e. The van der Waals surface area contributed by atoms with Crippen LogP contribution in [0.15, 0.2) is 59.1 Å². The van der Waals surface area contributed by atoms with Gasteiger partial charge >= 0.3 is 0 Å². The SMILES string of the molecule is CCC(=O)N(Cc1ccc(Br)cc1)C(Cc1ccccc1)C(=O)NC(C)(C)C. The van der Waals surface area contributed by atoms with Crippen LogP contribution in [0.3, 0.4) is 0 Å². The molecule has 0 heterocycles. The van der Waals surface area contributed by atoms with Crippen LogP contribution in [-0.2, 0) is 22.6 Å². The van der Waals surface area contributed by atoms with Crippen molar-refractivity contribution in [2.24, 2.45) is 0 Å². The molecule has 2 rings (SSSR count). The average Bonchev–Trinajstić information content (AvgIpc) is 2.65. The van der Waals surface area contributed by atoms with E-state index in [4.69, 9.17) is 0 Å². The molecule has 0 aliphatic heterocycles. The molecule has 1 N–H and O–H groups in total. The first-order chi connectivity index (χ1) is 13.2. The Labute approximate surface area is 176 Å². The van der Waals surface area contributed by atoms with Gasteiger partial charge in [-0.25, -0.2) is 0 Å². The fourth-order valence-electron chi connectivity index (χ4n) is 3.00. The second kappa shape index (κ2) is 9.87. The van der Waals surface area contributed by atoms with Crippen LogP contribution in [0.1, 0.15) is 45.2 Å². The molecule has 150 valence electrons. The van der Waals surface area contributed by atoms with Crippen molar-refractivity contribution in [1.82, 2.24) is 10.2 Å². The summed E-state index contributed by atoms with van der Waals surface area (Å²) in [7, 11) is 0. The summed E-state index contributed by atoms with van der Waals surface area (Å²) in [6.45, 7) is 8.08. The maximum atomic E-state index is 13.2. The van der Waals surface area contributed by atoms with Crippen molar-refractivity contribution in [1.29, 1.82) is 0 Å². The molecule has 0 spiro atoms. The Morgan fingerprint density at radius 2 is 1.61 bits per heavy atom. The number of carbonyl (C=O) groups excluding carboxylic acids is 2. The maximum Gasteiger partial charge on any atom is 0.243 e. The van der Waals surface area contributed by atoms with Crippen LogP contribution in [-0.4, -0.2) is 28.3 Å². The van der Waals surface area contributed by atoms with Gasteiger partial charge in [-0.15, -0.1) is 0 Å². The first-order valence-electron chi connectivity index (χ1n) is 9.59. The average molecular weight is 445 g/mol. The molecule has 0 radical (unpaired) electrons. The Morgan fingerprint density at radius 3 is 2.14 bits per heavy atom. The Balaban J connectivity index is 2.36. The lowest BCUT2D eigenvalue weighted by Gasteiger charge is -2.33. The lowest BCUT2D eigenvalue weighted by molar-refractivity contribution is -0.141. The van der Waals surface area contributed by atoms with Crippen LogP contribution in [0.5, 0.6) is 0 Å². The minimum absolute atomic E-state index is 0.0343. The highest BCUT2D eigenvalue weighted by Crippen LogP contribution is 2.18. The Kier molecular flexibility index (Phi) is 7.81. The Morgan fingerprint density at radius 1 is 1.00 bits per heavy atom. The molecule has 1 atom stereocenters. The van der Waals surface area contributed by atoms with Crippen molar-refractivity contribution in [3.63, 3.8) is 0 Å². The van der Waals surface area contributed by atoms with Gasteiger partial charge in [0.05, 0.1) is 0 Å². The summed E-state index contributed by atoms with van der Waals surface area (Å²) in [6.07, 6.45) is 0.829. The fraction of sp³-hybridized carbons (Fsp3) is 0.391. The summed E-state index contributed by atoms with van der Waals surface area (Å²) in [4.78, 5) is 27.7. The summed E-state index contributed by atoms with van der Waals surface area (Å²) in [6, 6.07) is 17.1. The van der Waals surface area contributed by atoms with E-state index in [2.05, 4.69) is 21.2 Å². The van der Waals surface area contributed by atoms with E-state index in [1.54, 1.807) is 4.90 Å². The van der Waals surface area contributed by atoms with E-state index in [1.807, 2.05) is 82.3 Å². The van der Waals surface area contributed by atoms with E-state index < -0.39 is 6.04 Å². The van der Waals surface area contributed by atoms with Gasteiger partial charge in [0.2, 0.25) is 11.8 Å². The van der Waals surface area contributed by atoms with Gasteiger partial charge in [-0.2, -0.15) is 0 Å². The minimum Gasteiger partial charge on any atom is -0.350 e. The zero-order chi connectivity index (χ0) is 20.7. The summed E-state index contributed by atoms with van der Waals surface area (Å²) in [5.74, 6) is -0.164. The molecule has 0 saturated carbocycles. The van der Waals surface area contributed by atoms with Crippen molar-refractivity contribution in [2.45, 2.75) is 58.7 Å². The number of amides is 2. The monoisotopic (exact) mass is 444 g/mol. The van der Waals surface area contributed by atoms with Gasteiger partial charge in [0.25, 0.3) is 0 Å². The molecule has 0 fully saturated rings. The molecular weight excluding hydrogens is 416 g/mol. The number of rotatable bonds is 7. The van der Waals surface area contributed by atoms with Gasteiger partial charge < -0.3 is 10.2 Å². The number of benzene rings is 2. The van der Waals surface area contributed by atoms with Crippen LogP contribution in [0, 0.1) is 0 Å². The van der Waals surface area contributed by atoms with Crippen molar-refractivity contribution in [3.8, 4) is 0 Å². The summed E-state index contributed by atoms with van der Waals surface area (Å²) >= 11 is 3.44. The van der Waals surface area contributed by atoms with Gasteiger partial charge in [0.15, 0.2) is 0 Å². The molecule has 2 aromatic carbocycles. The van der Waals surface area contributed by atoms with E-state index in [0.29, 0.717) is 19.4 Å². The zero-order valence-corrected chi connectivity index (χ0v) is 18.6. The Bertz CT molecular complexity index is 782. The van der Waals surface area contributed by atoms with Crippen LogP contribution < -0.4 is 5.32 Å². The smallest absolute Gasteiger partial charge is 0.243 e. The van der Waals surface area contributed by atoms with Gasteiger partial charge in [-0.3, -0.25) is 9.59 Å². The fourth-order valence-corrected chi connectivity index (χ4v) is 3.26. The number of hydrogen-bond acceptors (Lipinski definition) is 2. The lowest BCUT2D eigenvalue weighted by Crippen LogP contribution is -2.54. The molecule has 0 aromatic heterocycles. The standard InChI is InChI=1S/C23H29BrN2O2/c1-5-21(27)26(16-18-11-13-19(24)14-12-18)20(22(28)25-23(2,3)4)15-17-9-7-6-8-10-17/h6-14,20H,5,15-16H2,1-4H3,(H,25,28). The van der Waals surface area contributed by atoms with Crippen LogP contribution in [0.4, 0.5) is 0 Å². The number of nitrogens with zero attached hydrogens (tertiary/aromatic N) is 1. The Hall–Kier alpha value is -2.14.